The van der Waals surface area contributed by atoms with Gasteiger partial charge in [0.2, 0.25) is 5.16 Å². The monoisotopic (exact) mass is 343 g/mol. The molecule has 1 aliphatic heterocycles. The molecule has 0 saturated carbocycles. The van der Waals surface area contributed by atoms with Gasteiger partial charge in [-0.05, 0) is 29.0 Å². The molecule has 24 heavy (non-hydrogen) atoms. The number of rotatable bonds is 4. The molecule has 2 aromatic rings. The Balaban J connectivity index is 1.86. The van der Waals surface area contributed by atoms with Crippen LogP contribution < -0.4 is 4.90 Å². The summed E-state index contributed by atoms with van der Waals surface area (Å²) < 4.78 is 1.57. The van der Waals surface area contributed by atoms with E-state index in [4.69, 9.17) is 0 Å². The average molecular weight is 343 g/mol. The van der Waals surface area contributed by atoms with Crippen LogP contribution in [-0.4, -0.2) is 38.3 Å². The Morgan fingerprint density at radius 2 is 2.00 bits per heavy atom. The molecule has 0 aliphatic carbocycles. The van der Waals surface area contributed by atoms with E-state index in [1.807, 2.05) is 26.1 Å². The maximum absolute atomic E-state index is 12.7. The minimum Gasteiger partial charge on any atom is -0.347 e. The van der Waals surface area contributed by atoms with Gasteiger partial charge in [0.1, 0.15) is 0 Å². The third kappa shape index (κ3) is 2.73. The number of anilines is 1. The van der Waals surface area contributed by atoms with Crippen molar-refractivity contribution in [1.29, 1.82) is 0 Å². The molecule has 1 atom stereocenters. The molecule has 1 aliphatic rings. The Labute approximate surface area is 145 Å². The van der Waals surface area contributed by atoms with Crippen molar-refractivity contribution in [2.75, 3.05) is 11.9 Å². The number of fused-ring (bicyclic) bond motifs is 1. The van der Waals surface area contributed by atoms with Crippen LogP contribution >= 0.6 is 11.8 Å². The van der Waals surface area contributed by atoms with Crippen molar-refractivity contribution >= 4 is 23.2 Å². The van der Waals surface area contributed by atoms with Crippen LogP contribution in [0, 0.1) is 0 Å². The summed E-state index contributed by atoms with van der Waals surface area (Å²) in [6, 6.07) is 8.28. The second-order valence-electron chi connectivity index (χ2n) is 6.48. The lowest BCUT2D eigenvalue weighted by Crippen LogP contribution is -2.25. The number of para-hydroxylation sites is 1. The summed E-state index contributed by atoms with van der Waals surface area (Å²) in [6.45, 7) is 6.19. The molecule has 126 valence electrons. The fraction of sp³-hybridized carbons (Fsp3) is 0.412. The van der Waals surface area contributed by atoms with Crippen LogP contribution in [-0.2, 0) is 17.3 Å². The number of ketones is 1. The summed E-state index contributed by atoms with van der Waals surface area (Å²) >= 11 is 1.37. The molecular weight excluding hydrogens is 322 g/mol. The first-order chi connectivity index (χ1) is 11.3. The van der Waals surface area contributed by atoms with Gasteiger partial charge < -0.3 is 4.90 Å². The second-order valence-corrected chi connectivity index (χ2v) is 7.79. The lowest BCUT2D eigenvalue weighted by Gasteiger charge is -2.24. The average Bonchev–Trinajstić information content (AvgIpc) is 3.03. The number of aromatic nitrogens is 4. The Morgan fingerprint density at radius 3 is 2.62 bits per heavy atom. The number of carbonyl (C=O) groups is 1. The highest BCUT2D eigenvalue weighted by Crippen LogP contribution is 2.46. The zero-order valence-electron chi connectivity index (χ0n) is 14.5. The first kappa shape index (κ1) is 16.7. The van der Waals surface area contributed by atoms with Crippen LogP contribution in [0.15, 0.2) is 41.2 Å². The molecule has 0 N–H and O–H groups in total. The number of thioether (sulfide) groups is 1. The molecule has 3 rings (SSSR count). The fourth-order valence-corrected chi connectivity index (χ4v) is 3.82. The number of carbonyl (C=O) groups excluding carboxylic acids is 1. The molecule has 1 aromatic heterocycles. The number of allylic oxidation sites excluding steroid dienone is 2. The van der Waals surface area contributed by atoms with Crippen molar-refractivity contribution in [3.05, 3.63) is 41.6 Å². The first-order valence-electron chi connectivity index (χ1n) is 7.80. The summed E-state index contributed by atoms with van der Waals surface area (Å²) in [4.78, 5) is 14.8. The Bertz CT molecular complexity index is 811. The third-order valence-corrected chi connectivity index (χ3v) is 5.63. The number of hydrogen-bond acceptors (Lipinski definition) is 6. The lowest BCUT2D eigenvalue weighted by atomic mass is 9.83. The van der Waals surface area contributed by atoms with Gasteiger partial charge in [0.05, 0.1) is 5.25 Å². The number of tetrazole rings is 1. The zero-order chi connectivity index (χ0) is 17.5. The number of nitrogens with zero attached hydrogens (tertiary/aromatic N) is 5. The van der Waals surface area contributed by atoms with Crippen molar-refractivity contribution in [3.63, 3.8) is 0 Å². The van der Waals surface area contributed by atoms with Crippen LogP contribution in [0.4, 0.5) is 5.69 Å². The molecule has 6 nitrogen and oxygen atoms in total. The van der Waals surface area contributed by atoms with Gasteiger partial charge in [-0.25, -0.2) is 4.68 Å². The summed E-state index contributed by atoms with van der Waals surface area (Å²) in [5.74, 6) is 0.0609. The predicted octanol–water partition coefficient (Wildman–Crippen LogP) is 2.57. The molecular formula is C17H21N5OS. The SMILES string of the molecule is CC(Sc1nnnn1C)C(=O)/C=C1\N(C)c2ccccc2C1(C)C. The summed E-state index contributed by atoms with van der Waals surface area (Å²) in [5, 5.41) is 11.7. The second kappa shape index (κ2) is 6.05. The summed E-state index contributed by atoms with van der Waals surface area (Å²) in [6.07, 6.45) is 1.77. The van der Waals surface area contributed by atoms with E-state index in [2.05, 4.69) is 46.4 Å². The number of benzene rings is 1. The van der Waals surface area contributed by atoms with E-state index in [1.165, 1.54) is 17.3 Å². The van der Waals surface area contributed by atoms with Crippen molar-refractivity contribution in [2.45, 2.75) is 36.6 Å². The summed E-state index contributed by atoms with van der Waals surface area (Å²) in [7, 11) is 3.78. The predicted molar refractivity (Wildman–Crippen MR) is 95.1 cm³/mol. The number of aryl methyl sites for hydroxylation is 1. The van der Waals surface area contributed by atoms with Crippen LogP contribution in [0.5, 0.6) is 0 Å². The lowest BCUT2D eigenvalue weighted by molar-refractivity contribution is -0.114. The smallest absolute Gasteiger partial charge is 0.209 e. The zero-order valence-corrected chi connectivity index (χ0v) is 15.3. The van der Waals surface area contributed by atoms with Gasteiger partial charge in [0, 0.05) is 37.0 Å². The van der Waals surface area contributed by atoms with Gasteiger partial charge in [0.15, 0.2) is 5.78 Å². The molecule has 1 aromatic carbocycles. The normalized spacial score (nSPS) is 18.7. The molecule has 0 radical (unpaired) electrons. The maximum atomic E-state index is 12.7. The fourth-order valence-electron chi connectivity index (χ4n) is 3.05. The minimum absolute atomic E-state index is 0.0609. The highest BCUT2D eigenvalue weighted by atomic mass is 32.2. The molecule has 7 heteroatoms. The number of hydrogen-bond donors (Lipinski definition) is 0. The van der Waals surface area contributed by atoms with E-state index in [1.54, 1.807) is 17.8 Å². The topological polar surface area (TPSA) is 63.9 Å². The Morgan fingerprint density at radius 1 is 1.29 bits per heavy atom. The van der Waals surface area contributed by atoms with Gasteiger partial charge in [-0.2, -0.15) is 0 Å². The molecule has 2 heterocycles. The largest absolute Gasteiger partial charge is 0.347 e. The van der Waals surface area contributed by atoms with E-state index in [0.717, 1.165) is 11.4 Å². The standard InChI is InChI=1S/C17H21N5OS/c1-11(24-16-18-19-20-22(16)5)14(23)10-15-17(2,3)12-8-6-7-9-13(12)21(15)4/h6-11H,1-5H3/b15-10-. The number of likely N-dealkylation sites (N-methyl/N-ethyl adjacent to an activating group) is 1. The van der Waals surface area contributed by atoms with Gasteiger partial charge in [-0.1, -0.05) is 43.8 Å². The first-order valence-corrected chi connectivity index (χ1v) is 8.68. The van der Waals surface area contributed by atoms with Gasteiger partial charge in [-0.15, -0.1) is 5.10 Å². The summed E-state index contributed by atoms with van der Waals surface area (Å²) in [5.41, 5.74) is 3.21. The van der Waals surface area contributed by atoms with E-state index in [-0.39, 0.29) is 16.4 Å². The van der Waals surface area contributed by atoms with Gasteiger partial charge in [-0.3, -0.25) is 4.79 Å². The quantitative estimate of drug-likeness (QED) is 0.628. The minimum atomic E-state index is -0.255. The van der Waals surface area contributed by atoms with Crippen molar-refractivity contribution in [3.8, 4) is 0 Å². The van der Waals surface area contributed by atoms with Crippen LogP contribution in [0.3, 0.4) is 0 Å². The molecule has 1 unspecified atom stereocenters. The van der Waals surface area contributed by atoms with E-state index in [9.17, 15) is 4.79 Å². The van der Waals surface area contributed by atoms with Crippen LogP contribution in [0.25, 0.3) is 0 Å². The molecule has 0 saturated heterocycles. The van der Waals surface area contributed by atoms with Gasteiger partial charge >= 0.3 is 0 Å². The maximum Gasteiger partial charge on any atom is 0.209 e. The van der Waals surface area contributed by atoms with Crippen LogP contribution in [0.1, 0.15) is 26.3 Å². The molecule has 0 spiro atoms. The van der Waals surface area contributed by atoms with Crippen molar-refractivity contribution in [1.82, 2.24) is 20.2 Å². The van der Waals surface area contributed by atoms with E-state index >= 15 is 0 Å². The highest BCUT2D eigenvalue weighted by molar-refractivity contribution is 8.00. The highest BCUT2D eigenvalue weighted by Gasteiger charge is 2.38. The van der Waals surface area contributed by atoms with E-state index in [0.29, 0.717) is 5.16 Å². The van der Waals surface area contributed by atoms with Crippen molar-refractivity contribution < 1.29 is 4.79 Å². The van der Waals surface area contributed by atoms with Crippen molar-refractivity contribution in [2.24, 2.45) is 7.05 Å². The Kier molecular flexibility index (Phi) is 4.21. The van der Waals surface area contributed by atoms with Crippen LogP contribution in [0.2, 0.25) is 0 Å². The third-order valence-electron chi connectivity index (χ3n) is 4.48. The van der Waals surface area contributed by atoms with Gasteiger partial charge in [0.25, 0.3) is 0 Å². The van der Waals surface area contributed by atoms with E-state index < -0.39 is 0 Å². The molecule has 0 amide bonds. The molecule has 0 bridgehead atoms. The molecule has 0 fully saturated rings. The Hall–Kier alpha value is -2.15.